The molecule has 0 amide bonds. The molecule has 0 bridgehead atoms. The van der Waals surface area contributed by atoms with E-state index in [1.807, 2.05) is 6.07 Å². The van der Waals surface area contributed by atoms with Gasteiger partial charge in [-0.1, -0.05) is 18.2 Å². The zero-order chi connectivity index (χ0) is 15.7. The maximum Gasteiger partial charge on any atom is 0.220 e. The predicted octanol–water partition coefficient (Wildman–Crippen LogP) is 2.99. The van der Waals surface area contributed by atoms with Crippen LogP contribution in [0.1, 0.15) is 0 Å². The molecule has 2 aromatic rings. The Balaban J connectivity index is 2.26. The van der Waals surface area contributed by atoms with Gasteiger partial charge in [0.05, 0.1) is 17.7 Å². The van der Waals surface area contributed by atoms with E-state index >= 15 is 0 Å². The first kappa shape index (κ1) is 14.2. The van der Waals surface area contributed by atoms with Gasteiger partial charge in [0.15, 0.2) is 4.91 Å². The van der Waals surface area contributed by atoms with Crippen LogP contribution in [0.4, 0.5) is 11.4 Å². The molecule has 0 saturated heterocycles. The van der Waals surface area contributed by atoms with E-state index in [-0.39, 0.29) is 9.80 Å². The Morgan fingerprint density at radius 1 is 1.14 bits per heavy atom. The zero-order valence-corrected chi connectivity index (χ0v) is 12.5. The fourth-order valence-corrected chi connectivity index (χ4v) is 3.62. The summed E-state index contributed by atoms with van der Waals surface area (Å²) in [6.07, 6.45) is 1.34. The van der Waals surface area contributed by atoms with Crippen molar-refractivity contribution in [3.63, 3.8) is 0 Å². The van der Waals surface area contributed by atoms with Gasteiger partial charge in [0.1, 0.15) is 11.8 Å². The fourth-order valence-electron chi connectivity index (χ4n) is 2.32. The number of rotatable bonds is 2. The third-order valence-electron chi connectivity index (χ3n) is 3.39. The summed E-state index contributed by atoms with van der Waals surface area (Å²) in [6, 6.07) is 15.6. The third-order valence-corrected chi connectivity index (χ3v) is 5.09. The van der Waals surface area contributed by atoms with Crippen molar-refractivity contribution in [1.29, 1.82) is 5.26 Å². The largest absolute Gasteiger partial charge is 0.497 e. The fraction of sp³-hybridized carbons (Fsp3) is 0.0625. The van der Waals surface area contributed by atoms with Crippen LogP contribution in [0.3, 0.4) is 0 Å². The Hall–Kier alpha value is -2.78. The van der Waals surface area contributed by atoms with Gasteiger partial charge in [0, 0.05) is 18.0 Å². The lowest BCUT2D eigenvalue weighted by Gasteiger charge is -2.27. The number of allylic oxidation sites excluding steroid dienone is 1. The highest BCUT2D eigenvalue weighted by atomic mass is 32.2. The highest BCUT2D eigenvalue weighted by molar-refractivity contribution is 7.95. The number of hydrogen-bond donors (Lipinski definition) is 0. The SMILES string of the molecule is COc1cccc(N2C=C(C#N)S(=O)(=O)c3ccccc32)c1. The number of anilines is 2. The molecule has 0 N–H and O–H groups in total. The van der Waals surface area contributed by atoms with Crippen LogP contribution < -0.4 is 9.64 Å². The van der Waals surface area contributed by atoms with Gasteiger partial charge < -0.3 is 9.64 Å². The molecule has 0 aromatic heterocycles. The summed E-state index contributed by atoms with van der Waals surface area (Å²) in [4.78, 5) is 1.52. The van der Waals surface area contributed by atoms with Gasteiger partial charge in [-0.25, -0.2) is 8.42 Å². The lowest BCUT2D eigenvalue weighted by atomic mass is 10.2. The molecular weight excluding hydrogens is 300 g/mol. The molecule has 22 heavy (non-hydrogen) atoms. The molecule has 0 saturated carbocycles. The van der Waals surface area contributed by atoms with Crippen molar-refractivity contribution in [3.8, 4) is 11.8 Å². The van der Waals surface area contributed by atoms with Crippen LogP contribution in [0.5, 0.6) is 5.75 Å². The molecule has 6 heteroatoms. The summed E-state index contributed by atoms with van der Waals surface area (Å²) in [5.74, 6) is 0.648. The quantitative estimate of drug-likeness (QED) is 0.852. The smallest absolute Gasteiger partial charge is 0.220 e. The van der Waals surface area contributed by atoms with E-state index in [0.717, 1.165) is 5.69 Å². The van der Waals surface area contributed by atoms with Crippen LogP contribution in [-0.4, -0.2) is 15.5 Å². The second-order valence-electron chi connectivity index (χ2n) is 4.65. The molecule has 1 heterocycles. The number of para-hydroxylation sites is 1. The first-order chi connectivity index (χ1) is 10.6. The molecule has 5 nitrogen and oxygen atoms in total. The van der Waals surface area contributed by atoms with E-state index in [9.17, 15) is 8.42 Å². The topological polar surface area (TPSA) is 70.4 Å². The standard InChI is InChI=1S/C16H12N2O3S/c1-21-13-6-4-5-12(9-13)18-11-14(10-17)22(19,20)16-8-3-2-7-15(16)18/h2-9,11H,1H3. The van der Waals surface area contributed by atoms with Crippen molar-refractivity contribution in [2.24, 2.45) is 0 Å². The van der Waals surface area contributed by atoms with Gasteiger partial charge in [-0.2, -0.15) is 5.26 Å². The van der Waals surface area contributed by atoms with Crippen molar-refractivity contribution < 1.29 is 13.2 Å². The number of hydrogen-bond acceptors (Lipinski definition) is 5. The van der Waals surface area contributed by atoms with Crippen LogP contribution in [-0.2, 0) is 9.84 Å². The average Bonchev–Trinajstić information content (AvgIpc) is 2.55. The monoisotopic (exact) mass is 312 g/mol. The Morgan fingerprint density at radius 2 is 1.91 bits per heavy atom. The Labute approximate surface area is 128 Å². The van der Waals surface area contributed by atoms with E-state index < -0.39 is 9.84 Å². The number of sulfone groups is 1. The van der Waals surface area contributed by atoms with Gasteiger partial charge >= 0.3 is 0 Å². The molecule has 3 rings (SSSR count). The van der Waals surface area contributed by atoms with Crippen LogP contribution >= 0.6 is 0 Å². The Kier molecular flexibility index (Phi) is 3.35. The van der Waals surface area contributed by atoms with Gasteiger partial charge in [-0.05, 0) is 24.3 Å². The lowest BCUT2D eigenvalue weighted by Crippen LogP contribution is -2.21. The van der Waals surface area contributed by atoms with Gasteiger partial charge in [-0.3, -0.25) is 0 Å². The zero-order valence-electron chi connectivity index (χ0n) is 11.7. The highest BCUT2D eigenvalue weighted by Gasteiger charge is 2.31. The van der Waals surface area contributed by atoms with Crippen LogP contribution in [0.25, 0.3) is 0 Å². The average molecular weight is 312 g/mol. The normalized spacial score (nSPS) is 15.5. The number of methoxy groups -OCH3 is 1. The second kappa shape index (κ2) is 5.20. The Bertz CT molecular complexity index is 911. The summed E-state index contributed by atoms with van der Waals surface area (Å²) in [7, 11) is -2.20. The minimum absolute atomic E-state index is 0.122. The molecule has 2 aromatic carbocycles. The Morgan fingerprint density at radius 3 is 2.64 bits per heavy atom. The molecule has 110 valence electrons. The number of nitriles is 1. The summed E-state index contributed by atoms with van der Waals surface area (Å²) in [5, 5.41) is 9.17. The van der Waals surface area contributed by atoms with Crippen molar-refractivity contribution >= 4 is 21.2 Å². The van der Waals surface area contributed by atoms with Gasteiger partial charge in [0.2, 0.25) is 9.84 Å². The lowest BCUT2D eigenvalue weighted by molar-refractivity contribution is 0.415. The van der Waals surface area contributed by atoms with E-state index in [2.05, 4.69) is 0 Å². The molecule has 0 aliphatic carbocycles. The third kappa shape index (κ3) is 2.12. The second-order valence-corrected chi connectivity index (χ2v) is 6.53. The van der Waals surface area contributed by atoms with Crippen molar-refractivity contribution in [2.75, 3.05) is 12.0 Å². The molecule has 0 fully saturated rings. The molecule has 1 aliphatic rings. The predicted molar refractivity (Wildman–Crippen MR) is 82.5 cm³/mol. The highest BCUT2D eigenvalue weighted by Crippen LogP contribution is 2.39. The molecule has 1 aliphatic heterocycles. The number of fused-ring (bicyclic) bond motifs is 1. The summed E-state index contributed by atoms with van der Waals surface area (Å²) >= 11 is 0. The summed E-state index contributed by atoms with van der Waals surface area (Å²) in [6.45, 7) is 0. The summed E-state index contributed by atoms with van der Waals surface area (Å²) < 4.78 is 30.0. The van der Waals surface area contributed by atoms with Crippen molar-refractivity contribution in [2.45, 2.75) is 4.90 Å². The minimum atomic E-state index is -3.76. The van der Waals surface area contributed by atoms with Crippen LogP contribution in [0, 0.1) is 11.3 Å². The number of ether oxygens (including phenoxy) is 1. The van der Waals surface area contributed by atoms with E-state index in [4.69, 9.17) is 10.00 Å². The number of benzene rings is 2. The van der Waals surface area contributed by atoms with E-state index in [1.54, 1.807) is 54.5 Å². The minimum Gasteiger partial charge on any atom is -0.497 e. The summed E-state index contributed by atoms with van der Waals surface area (Å²) in [5.41, 5.74) is 1.23. The van der Waals surface area contributed by atoms with Crippen molar-refractivity contribution in [1.82, 2.24) is 0 Å². The molecule has 0 unspecified atom stereocenters. The van der Waals surface area contributed by atoms with Gasteiger partial charge in [-0.15, -0.1) is 0 Å². The maximum absolute atomic E-state index is 12.4. The van der Waals surface area contributed by atoms with Crippen LogP contribution in [0.15, 0.2) is 64.5 Å². The first-order valence-corrected chi connectivity index (χ1v) is 7.95. The first-order valence-electron chi connectivity index (χ1n) is 6.47. The number of nitrogens with zero attached hydrogens (tertiary/aromatic N) is 2. The van der Waals surface area contributed by atoms with E-state index in [0.29, 0.717) is 11.4 Å². The maximum atomic E-state index is 12.4. The molecule has 0 spiro atoms. The molecular formula is C16H12N2O3S. The van der Waals surface area contributed by atoms with Crippen LogP contribution in [0.2, 0.25) is 0 Å². The van der Waals surface area contributed by atoms with Crippen molar-refractivity contribution in [3.05, 3.63) is 59.6 Å². The molecule has 0 atom stereocenters. The van der Waals surface area contributed by atoms with Gasteiger partial charge in [0.25, 0.3) is 0 Å². The molecule has 0 radical (unpaired) electrons. The van der Waals surface area contributed by atoms with E-state index in [1.165, 1.54) is 12.3 Å².